The first-order valence-corrected chi connectivity index (χ1v) is 5.59. The Labute approximate surface area is 91.5 Å². The van der Waals surface area contributed by atoms with Crippen LogP contribution in [0.4, 0.5) is 11.6 Å². The zero-order valence-electron chi connectivity index (χ0n) is 9.80. The molecule has 0 aliphatic carbocycles. The second-order valence-corrected chi connectivity index (χ2v) is 3.54. The largest absolute Gasteiger partial charge is 0.370 e. The van der Waals surface area contributed by atoms with Gasteiger partial charge < -0.3 is 10.6 Å². The molecule has 2 N–H and O–H groups in total. The highest BCUT2D eigenvalue weighted by molar-refractivity contribution is 5.47. The van der Waals surface area contributed by atoms with E-state index in [-0.39, 0.29) is 0 Å². The van der Waals surface area contributed by atoms with Crippen molar-refractivity contribution in [2.45, 2.75) is 33.6 Å². The Morgan fingerprint density at radius 1 is 1.00 bits per heavy atom. The van der Waals surface area contributed by atoms with Crippen molar-refractivity contribution in [2.24, 2.45) is 0 Å². The van der Waals surface area contributed by atoms with E-state index in [1.807, 2.05) is 13.0 Å². The summed E-state index contributed by atoms with van der Waals surface area (Å²) in [6, 6.07) is 1.96. The molecule has 1 rings (SSSR count). The third-order valence-corrected chi connectivity index (χ3v) is 1.95. The van der Waals surface area contributed by atoms with E-state index in [4.69, 9.17) is 0 Å². The predicted octanol–water partition coefficient (Wildman–Crippen LogP) is 2.43. The van der Waals surface area contributed by atoms with E-state index >= 15 is 0 Å². The molecular weight excluding hydrogens is 188 g/mol. The van der Waals surface area contributed by atoms with Crippen molar-refractivity contribution in [1.82, 2.24) is 9.97 Å². The van der Waals surface area contributed by atoms with Gasteiger partial charge in [-0.25, -0.2) is 9.97 Å². The minimum Gasteiger partial charge on any atom is -0.370 e. The Bertz CT molecular complexity index is 272. The standard InChI is InChI=1S/C11H20N4/c1-4-6-12-10-8-11(13-7-5-2)15-9(3)14-10/h8H,4-7H2,1-3H3,(H2,12,13,14,15). The van der Waals surface area contributed by atoms with Crippen LogP contribution in [0.2, 0.25) is 0 Å². The first-order chi connectivity index (χ1) is 7.26. The summed E-state index contributed by atoms with van der Waals surface area (Å²) in [5.41, 5.74) is 0. The summed E-state index contributed by atoms with van der Waals surface area (Å²) in [4.78, 5) is 8.63. The molecule has 0 radical (unpaired) electrons. The van der Waals surface area contributed by atoms with Crippen LogP contribution in [-0.4, -0.2) is 23.1 Å². The summed E-state index contributed by atoms with van der Waals surface area (Å²) >= 11 is 0. The fraction of sp³-hybridized carbons (Fsp3) is 0.636. The van der Waals surface area contributed by atoms with E-state index in [1.165, 1.54) is 0 Å². The molecule has 1 aromatic heterocycles. The van der Waals surface area contributed by atoms with Crippen LogP contribution in [0.3, 0.4) is 0 Å². The van der Waals surface area contributed by atoms with E-state index in [9.17, 15) is 0 Å². The summed E-state index contributed by atoms with van der Waals surface area (Å²) in [7, 11) is 0. The third-order valence-electron chi connectivity index (χ3n) is 1.95. The van der Waals surface area contributed by atoms with Crippen molar-refractivity contribution < 1.29 is 0 Å². The molecule has 84 valence electrons. The summed E-state index contributed by atoms with van der Waals surface area (Å²) in [5.74, 6) is 2.61. The maximum absolute atomic E-state index is 4.32. The number of hydrogen-bond donors (Lipinski definition) is 2. The number of anilines is 2. The Kier molecular flexibility index (Phi) is 4.87. The van der Waals surface area contributed by atoms with Crippen molar-refractivity contribution in [3.8, 4) is 0 Å². The van der Waals surface area contributed by atoms with Gasteiger partial charge >= 0.3 is 0 Å². The molecule has 0 bridgehead atoms. The molecule has 0 aliphatic rings. The van der Waals surface area contributed by atoms with Gasteiger partial charge in [-0.05, 0) is 19.8 Å². The molecule has 0 fully saturated rings. The molecule has 1 heterocycles. The van der Waals surface area contributed by atoms with E-state index in [2.05, 4.69) is 34.4 Å². The number of nitrogens with zero attached hydrogens (tertiary/aromatic N) is 2. The van der Waals surface area contributed by atoms with Crippen molar-refractivity contribution in [2.75, 3.05) is 23.7 Å². The molecule has 0 aromatic carbocycles. The van der Waals surface area contributed by atoms with Gasteiger partial charge in [0.05, 0.1) is 0 Å². The third kappa shape index (κ3) is 4.14. The molecular formula is C11H20N4. The van der Waals surface area contributed by atoms with Gasteiger partial charge in [-0.2, -0.15) is 0 Å². The lowest BCUT2D eigenvalue weighted by Crippen LogP contribution is -2.07. The van der Waals surface area contributed by atoms with E-state index < -0.39 is 0 Å². The molecule has 0 aliphatic heterocycles. The second kappa shape index (κ2) is 6.22. The Hall–Kier alpha value is -1.32. The van der Waals surface area contributed by atoms with Gasteiger partial charge in [-0.3, -0.25) is 0 Å². The fourth-order valence-electron chi connectivity index (χ4n) is 1.25. The highest BCUT2D eigenvalue weighted by Crippen LogP contribution is 2.10. The molecule has 4 nitrogen and oxygen atoms in total. The van der Waals surface area contributed by atoms with Crippen LogP contribution in [0.25, 0.3) is 0 Å². The molecule has 0 saturated heterocycles. The molecule has 0 unspecified atom stereocenters. The average molecular weight is 208 g/mol. The maximum atomic E-state index is 4.32. The molecule has 0 atom stereocenters. The lowest BCUT2D eigenvalue weighted by Gasteiger charge is -2.08. The molecule has 0 saturated carbocycles. The second-order valence-electron chi connectivity index (χ2n) is 3.54. The van der Waals surface area contributed by atoms with Gasteiger partial charge in [0.25, 0.3) is 0 Å². The SMILES string of the molecule is CCCNc1cc(NCCC)nc(C)n1. The summed E-state index contributed by atoms with van der Waals surface area (Å²) in [6.45, 7) is 8.08. The number of rotatable bonds is 6. The van der Waals surface area contributed by atoms with Gasteiger partial charge in [0.1, 0.15) is 17.5 Å². The molecule has 0 spiro atoms. The predicted molar refractivity (Wildman–Crippen MR) is 64.3 cm³/mol. The van der Waals surface area contributed by atoms with Crippen molar-refractivity contribution >= 4 is 11.6 Å². The number of nitrogens with one attached hydrogen (secondary N) is 2. The number of hydrogen-bond acceptors (Lipinski definition) is 4. The highest BCUT2D eigenvalue weighted by atomic mass is 15.1. The zero-order valence-corrected chi connectivity index (χ0v) is 9.80. The number of aromatic nitrogens is 2. The average Bonchev–Trinajstić information content (AvgIpc) is 2.23. The lowest BCUT2D eigenvalue weighted by atomic mass is 10.4. The smallest absolute Gasteiger partial charge is 0.131 e. The van der Waals surface area contributed by atoms with Crippen molar-refractivity contribution in [3.63, 3.8) is 0 Å². The molecule has 4 heteroatoms. The molecule has 0 amide bonds. The summed E-state index contributed by atoms with van der Waals surface area (Å²) < 4.78 is 0. The van der Waals surface area contributed by atoms with Crippen LogP contribution in [-0.2, 0) is 0 Å². The molecule has 1 aromatic rings. The fourth-order valence-corrected chi connectivity index (χ4v) is 1.25. The lowest BCUT2D eigenvalue weighted by molar-refractivity contribution is 0.938. The van der Waals surface area contributed by atoms with Crippen molar-refractivity contribution in [3.05, 3.63) is 11.9 Å². The summed E-state index contributed by atoms with van der Waals surface area (Å²) in [5, 5.41) is 6.52. The maximum Gasteiger partial charge on any atom is 0.131 e. The monoisotopic (exact) mass is 208 g/mol. The van der Waals surface area contributed by atoms with Gasteiger partial charge in [0, 0.05) is 19.2 Å². The Balaban J connectivity index is 2.66. The van der Waals surface area contributed by atoms with Gasteiger partial charge in [-0.15, -0.1) is 0 Å². The van der Waals surface area contributed by atoms with Crippen LogP contribution in [0.15, 0.2) is 6.07 Å². The van der Waals surface area contributed by atoms with Crippen LogP contribution in [0.5, 0.6) is 0 Å². The Morgan fingerprint density at radius 3 is 1.87 bits per heavy atom. The highest BCUT2D eigenvalue weighted by Gasteiger charge is 1.99. The number of aryl methyl sites for hydroxylation is 1. The Morgan fingerprint density at radius 2 is 1.47 bits per heavy atom. The first kappa shape index (κ1) is 11.8. The van der Waals surface area contributed by atoms with Crippen molar-refractivity contribution in [1.29, 1.82) is 0 Å². The van der Waals surface area contributed by atoms with E-state index in [0.717, 1.165) is 43.4 Å². The van der Waals surface area contributed by atoms with Crippen LogP contribution in [0, 0.1) is 6.92 Å². The quantitative estimate of drug-likeness (QED) is 0.754. The van der Waals surface area contributed by atoms with Crippen LogP contribution < -0.4 is 10.6 Å². The van der Waals surface area contributed by atoms with Gasteiger partial charge in [0.2, 0.25) is 0 Å². The topological polar surface area (TPSA) is 49.8 Å². The summed E-state index contributed by atoms with van der Waals surface area (Å²) in [6.07, 6.45) is 2.20. The van der Waals surface area contributed by atoms with Crippen LogP contribution in [0.1, 0.15) is 32.5 Å². The minimum absolute atomic E-state index is 0.801. The first-order valence-electron chi connectivity index (χ1n) is 5.59. The minimum atomic E-state index is 0.801. The molecule has 15 heavy (non-hydrogen) atoms. The normalized spacial score (nSPS) is 10.1. The van der Waals surface area contributed by atoms with Crippen LogP contribution >= 0.6 is 0 Å². The van der Waals surface area contributed by atoms with Gasteiger partial charge in [0.15, 0.2) is 0 Å². The zero-order chi connectivity index (χ0) is 11.1. The van der Waals surface area contributed by atoms with E-state index in [1.54, 1.807) is 0 Å². The van der Waals surface area contributed by atoms with E-state index in [0.29, 0.717) is 0 Å². The van der Waals surface area contributed by atoms with Gasteiger partial charge in [-0.1, -0.05) is 13.8 Å².